The van der Waals surface area contributed by atoms with E-state index in [0.717, 1.165) is 0 Å². The van der Waals surface area contributed by atoms with Crippen LogP contribution in [0.4, 0.5) is 0 Å². The quantitative estimate of drug-likeness (QED) is 0.399. The van der Waals surface area contributed by atoms with Gasteiger partial charge in [-0.3, -0.25) is 9.63 Å². The van der Waals surface area contributed by atoms with E-state index in [2.05, 4.69) is 10.1 Å². The largest absolute Gasteiger partial charge is 0.467 e. The lowest BCUT2D eigenvalue weighted by atomic mass is 9.95. The van der Waals surface area contributed by atoms with Crippen molar-refractivity contribution in [1.29, 1.82) is 0 Å². The van der Waals surface area contributed by atoms with E-state index in [0.29, 0.717) is 13.0 Å². The summed E-state index contributed by atoms with van der Waals surface area (Å²) in [7, 11) is 1.24. The Morgan fingerprint density at radius 1 is 1.35 bits per heavy atom. The van der Waals surface area contributed by atoms with Crippen molar-refractivity contribution < 1.29 is 39.2 Å². The zero-order chi connectivity index (χ0) is 17.1. The van der Waals surface area contributed by atoms with Gasteiger partial charge in [-0.05, 0) is 0 Å². The zero-order valence-electron chi connectivity index (χ0n) is 12.9. The Bertz CT molecular complexity index is 448. The maximum absolute atomic E-state index is 11.5. The molecule has 4 N–H and O–H groups in total. The minimum absolute atomic E-state index is 0.293. The summed E-state index contributed by atoms with van der Waals surface area (Å²) in [6.07, 6.45) is -5.20. The molecule has 0 aromatic heterocycles. The molecule has 2 aliphatic heterocycles. The lowest BCUT2D eigenvalue weighted by Crippen LogP contribution is -2.67. The van der Waals surface area contributed by atoms with E-state index in [1.54, 1.807) is 0 Å². The van der Waals surface area contributed by atoms with Crippen LogP contribution in [-0.2, 0) is 23.9 Å². The minimum atomic E-state index is -1.37. The number of methoxy groups -OCH3 is 1. The van der Waals surface area contributed by atoms with Crippen LogP contribution < -0.4 is 5.32 Å². The van der Waals surface area contributed by atoms with Crippen molar-refractivity contribution in [2.75, 3.05) is 20.3 Å². The minimum Gasteiger partial charge on any atom is -0.467 e. The van der Waals surface area contributed by atoms with Gasteiger partial charge in [-0.15, -0.1) is 0 Å². The van der Waals surface area contributed by atoms with Crippen molar-refractivity contribution in [3.05, 3.63) is 0 Å². The maximum Gasteiger partial charge on any atom is 0.337 e. The Hall–Kier alpha value is -1.30. The number of carbonyl (C=O) groups excluding carboxylic acids is 2. The highest BCUT2D eigenvalue weighted by Crippen LogP contribution is 2.28. The predicted octanol–water partition coefficient (Wildman–Crippen LogP) is -2.89. The van der Waals surface area contributed by atoms with Crippen LogP contribution >= 0.6 is 0 Å². The SMILES string of the molecule is COC(=O)C1CCN(C2OC(CO)C(O)C(O)C2NC(C)=O)O1. The number of nitrogens with zero attached hydrogens (tertiary/aromatic N) is 1. The van der Waals surface area contributed by atoms with Gasteiger partial charge < -0.3 is 30.1 Å². The first-order valence-electron chi connectivity index (χ1n) is 7.29. The van der Waals surface area contributed by atoms with Crippen LogP contribution in [0.5, 0.6) is 0 Å². The van der Waals surface area contributed by atoms with E-state index < -0.39 is 55.2 Å². The third-order valence-electron chi connectivity index (χ3n) is 3.89. The molecule has 0 aliphatic carbocycles. The molecule has 23 heavy (non-hydrogen) atoms. The Morgan fingerprint density at radius 3 is 2.61 bits per heavy atom. The van der Waals surface area contributed by atoms with Crippen molar-refractivity contribution in [2.24, 2.45) is 0 Å². The van der Waals surface area contributed by atoms with Crippen molar-refractivity contribution in [1.82, 2.24) is 10.4 Å². The summed E-state index contributed by atoms with van der Waals surface area (Å²) in [5.41, 5.74) is 0. The van der Waals surface area contributed by atoms with Gasteiger partial charge in [0.25, 0.3) is 0 Å². The van der Waals surface area contributed by atoms with Gasteiger partial charge in [0.15, 0.2) is 12.3 Å². The number of amides is 1. The van der Waals surface area contributed by atoms with E-state index in [4.69, 9.17) is 9.57 Å². The van der Waals surface area contributed by atoms with Crippen LogP contribution in [0.1, 0.15) is 13.3 Å². The van der Waals surface area contributed by atoms with Crippen molar-refractivity contribution in [3.8, 4) is 0 Å². The van der Waals surface area contributed by atoms with Gasteiger partial charge >= 0.3 is 5.97 Å². The third-order valence-corrected chi connectivity index (χ3v) is 3.89. The van der Waals surface area contributed by atoms with Crippen LogP contribution in [0.15, 0.2) is 0 Å². The second-order valence-corrected chi connectivity index (χ2v) is 5.50. The molecule has 132 valence electrons. The second-order valence-electron chi connectivity index (χ2n) is 5.50. The number of nitrogens with one attached hydrogen (secondary N) is 1. The average Bonchev–Trinajstić information content (AvgIpc) is 3.00. The molecule has 2 fully saturated rings. The smallest absolute Gasteiger partial charge is 0.337 e. The second kappa shape index (κ2) is 7.51. The lowest BCUT2D eigenvalue weighted by Gasteiger charge is -2.45. The van der Waals surface area contributed by atoms with Gasteiger partial charge in [0.2, 0.25) is 5.91 Å². The number of hydroxylamine groups is 2. The number of hydrogen-bond acceptors (Lipinski definition) is 9. The average molecular weight is 334 g/mol. The summed E-state index contributed by atoms with van der Waals surface area (Å²) in [5.74, 6) is -0.973. The molecular weight excluding hydrogens is 312 g/mol. The van der Waals surface area contributed by atoms with Crippen LogP contribution in [0, 0.1) is 0 Å². The van der Waals surface area contributed by atoms with Crippen molar-refractivity contribution >= 4 is 11.9 Å². The predicted molar refractivity (Wildman–Crippen MR) is 73.6 cm³/mol. The molecule has 2 heterocycles. The molecule has 0 bridgehead atoms. The fourth-order valence-electron chi connectivity index (χ4n) is 2.73. The van der Waals surface area contributed by atoms with Crippen LogP contribution in [0.2, 0.25) is 0 Å². The summed E-state index contributed by atoms with van der Waals surface area (Å²) in [4.78, 5) is 28.3. The molecule has 6 unspecified atom stereocenters. The Labute approximate surface area is 132 Å². The van der Waals surface area contributed by atoms with Crippen molar-refractivity contribution in [3.63, 3.8) is 0 Å². The van der Waals surface area contributed by atoms with Crippen LogP contribution in [0.3, 0.4) is 0 Å². The first-order valence-corrected chi connectivity index (χ1v) is 7.29. The Balaban J connectivity index is 2.15. The maximum atomic E-state index is 11.5. The topological polar surface area (TPSA) is 138 Å². The van der Waals surface area contributed by atoms with Crippen molar-refractivity contribution in [2.45, 2.75) is 50.0 Å². The van der Waals surface area contributed by atoms with Crippen LogP contribution in [-0.4, -0.2) is 89.2 Å². The Morgan fingerprint density at radius 2 is 2.04 bits per heavy atom. The van der Waals surface area contributed by atoms with E-state index in [-0.39, 0.29) is 0 Å². The van der Waals surface area contributed by atoms with E-state index in [9.17, 15) is 24.9 Å². The summed E-state index contributed by atoms with van der Waals surface area (Å²) < 4.78 is 10.2. The van der Waals surface area contributed by atoms with Gasteiger partial charge in [0.05, 0.1) is 19.8 Å². The molecule has 0 spiro atoms. The van der Waals surface area contributed by atoms with E-state index in [1.165, 1.54) is 19.1 Å². The molecule has 10 nitrogen and oxygen atoms in total. The molecule has 0 saturated carbocycles. The molecule has 2 rings (SSSR count). The number of aliphatic hydroxyl groups excluding tert-OH is 3. The molecule has 2 aliphatic rings. The number of carbonyl (C=O) groups is 2. The van der Waals surface area contributed by atoms with Gasteiger partial charge in [0.1, 0.15) is 18.3 Å². The molecule has 6 atom stereocenters. The molecule has 1 amide bonds. The van der Waals surface area contributed by atoms with E-state index >= 15 is 0 Å². The van der Waals surface area contributed by atoms with Gasteiger partial charge in [0, 0.05) is 19.9 Å². The highest BCUT2D eigenvalue weighted by atomic mass is 16.7. The normalized spacial score (nSPS) is 38.3. The number of hydrogen-bond donors (Lipinski definition) is 4. The number of rotatable bonds is 4. The summed E-state index contributed by atoms with van der Waals surface area (Å²) in [5, 5.41) is 33.2. The third kappa shape index (κ3) is 3.79. The molecule has 2 saturated heterocycles. The fourth-order valence-corrected chi connectivity index (χ4v) is 2.73. The summed E-state index contributed by atoms with van der Waals surface area (Å²) >= 11 is 0. The van der Waals surface area contributed by atoms with Crippen LogP contribution in [0.25, 0.3) is 0 Å². The number of esters is 1. The van der Waals surface area contributed by atoms with Gasteiger partial charge in [-0.1, -0.05) is 0 Å². The fraction of sp³-hybridized carbons (Fsp3) is 0.846. The van der Waals surface area contributed by atoms with E-state index in [1.807, 2.05) is 0 Å². The highest BCUT2D eigenvalue weighted by Gasteiger charge is 2.49. The molecule has 0 aromatic carbocycles. The van der Waals surface area contributed by atoms with Gasteiger partial charge in [-0.2, -0.15) is 5.06 Å². The molecule has 0 radical (unpaired) electrons. The first kappa shape index (κ1) is 18.0. The highest BCUT2D eigenvalue weighted by molar-refractivity contribution is 5.74. The monoisotopic (exact) mass is 334 g/mol. The summed E-state index contributed by atoms with van der Waals surface area (Å²) in [6, 6.07) is -0.985. The Kier molecular flexibility index (Phi) is 5.89. The molecule has 0 aromatic rings. The standard InChI is InChI=1S/C13H22N2O8/c1-6(17)14-9-11(19)10(18)8(5-16)22-12(9)15-4-3-7(23-15)13(20)21-2/h7-12,16,18-19H,3-5H2,1-2H3,(H,14,17). The molecule has 10 heteroatoms. The summed E-state index contributed by atoms with van der Waals surface area (Å²) in [6.45, 7) is 1.04. The molecular formula is C13H22N2O8. The first-order chi connectivity index (χ1) is 10.9. The number of aliphatic hydroxyl groups is 3. The van der Waals surface area contributed by atoms with Gasteiger partial charge in [-0.25, -0.2) is 4.79 Å². The number of ether oxygens (including phenoxy) is 2. The lowest BCUT2D eigenvalue weighted by molar-refractivity contribution is -0.303. The zero-order valence-corrected chi connectivity index (χ0v) is 12.9.